The molecular weight excluding hydrogens is 243 g/mol. The molecule has 5 heteroatoms. The number of nitrogen functional groups attached to an aromatic ring is 1. The zero-order valence-corrected chi connectivity index (χ0v) is 9.83. The van der Waals surface area contributed by atoms with E-state index in [0.29, 0.717) is 21.9 Å². The van der Waals surface area contributed by atoms with Gasteiger partial charge in [-0.25, -0.2) is 4.39 Å². The molecule has 1 heterocycles. The number of hydrogen-bond acceptors (Lipinski definition) is 3. The molecule has 0 aliphatic heterocycles. The van der Waals surface area contributed by atoms with Gasteiger partial charge in [0, 0.05) is 17.3 Å². The van der Waals surface area contributed by atoms with E-state index in [1.54, 1.807) is 18.5 Å². The van der Waals surface area contributed by atoms with Crippen LogP contribution in [0.4, 0.5) is 10.1 Å². The van der Waals surface area contributed by atoms with E-state index in [1.165, 1.54) is 19.2 Å². The van der Waals surface area contributed by atoms with Crippen molar-refractivity contribution in [2.75, 3.05) is 12.8 Å². The zero-order chi connectivity index (χ0) is 12.4. The zero-order valence-electron chi connectivity index (χ0n) is 9.08. The van der Waals surface area contributed by atoms with Gasteiger partial charge in [-0.15, -0.1) is 0 Å². The summed E-state index contributed by atoms with van der Waals surface area (Å²) >= 11 is 6.04. The maximum absolute atomic E-state index is 13.4. The van der Waals surface area contributed by atoms with Crippen molar-refractivity contribution in [3.05, 3.63) is 41.4 Å². The average Bonchev–Trinajstić information content (AvgIpc) is 2.34. The van der Waals surface area contributed by atoms with Crippen LogP contribution in [0.25, 0.3) is 11.1 Å². The molecule has 1 aromatic heterocycles. The first kappa shape index (κ1) is 11.7. The molecule has 0 amide bonds. The Morgan fingerprint density at radius 1 is 1.35 bits per heavy atom. The third kappa shape index (κ3) is 2.17. The van der Waals surface area contributed by atoms with Gasteiger partial charge in [-0.1, -0.05) is 11.6 Å². The largest absolute Gasteiger partial charge is 0.494 e. The second kappa shape index (κ2) is 4.59. The van der Waals surface area contributed by atoms with Gasteiger partial charge in [0.25, 0.3) is 0 Å². The van der Waals surface area contributed by atoms with Crippen LogP contribution < -0.4 is 10.5 Å². The molecule has 2 rings (SSSR count). The lowest BCUT2D eigenvalue weighted by Crippen LogP contribution is -1.94. The first-order valence-corrected chi connectivity index (χ1v) is 5.24. The van der Waals surface area contributed by atoms with E-state index in [2.05, 4.69) is 4.98 Å². The molecule has 2 N–H and O–H groups in total. The van der Waals surface area contributed by atoms with Crippen molar-refractivity contribution < 1.29 is 9.13 Å². The molecule has 0 radical (unpaired) electrons. The van der Waals surface area contributed by atoms with Crippen molar-refractivity contribution in [1.82, 2.24) is 4.98 Å². The minimum Gasteiger partial charge on any atom is -0.494 e. The van der Waals surface area contributed by atoms with Crippen molar-refractivity contribution >= 4 is 17.3 Å². The molecule has 1 aromatic carbocycles. The summed E-state index contributed by atoms with van der Waals surface area (Å²) in [5, 5.41) is 0.369. The highest BCUT2D eigenvalue weighted by Crippen LogP contribution is 2.36. The first-order chi connectivity index (χ1) is 8.13. The number of anilines is 1. The number of methoxy groups -OCH3 is 1. The van der Waals surface area contributed by atoms with Gasteiger partial charge < -0.3 is 10.5 Å². The number of rotatable bonds is 2. The van der Waals surface area contributed by atoms with E-state index in [-0.39, 0.29) is 5.69 Å². The van der Waals surface area contributed by atoms with E-state index >= 15 is 0 Å². The Hall–Kier alpha value is -1.81. The van der Waals surface area contributed by atoms with E-state index in [4.69, 9.17) is 22.1 Å². The number of halogens is 2. The van der Waals surface area contributed by atoms with Crippen LogP contribution in [-0.4, -0.2) is 12.1 Å². The first-order valence-electron chi connectivity index (χ1n) is 4.86. The van der Waals surface area contributed by atoms with Crippen LogP contribution in [0.15, 0.2) is 30.6 Å². The SMILES string of the molecule is COc1cnccc1-c1cc(F)c(N)cc1Cl. The van der Waals surface area contributed by atoms with Crippen LogP contribution in [0.1, 0.15) is 0 Å². The smallest absolute Gasteiger partial charge is 0.146 e. The van der Waals surface area contributed by atoms with Crippen LogP contribution >= 0.6 is 11.6 Å². The molecule has 88 valence electrons. The maximum Gasteiger partial charge on any atom is 0.146 e. The molecule has 0 atom stereocenters. The fourth-order valence-corrected chi connectivity index (χ4v) is 1.81. The highest BCUT2D eigenvalue weighted by molar-refractivity contribution is 6.33. The van der Waals surface area contributed by atoms with Crippen LogP contribution in [0.5, 0.6) is 5.75 Å². The lowest BCUT2D eigenvalue weighted by Gasteiger charge is -2.10. The van der Waals surface area contributed by atoms with Gasteiger partial charge in [0.15, 0.2) is 0 Å². The third-order valence-corrected chi connectivity index (χ3v) is 2.69. The molecule has 0 unspecified atom stereocenters. The molecule has 0 bridgehead atoms. The van der Waals surface area contributed by atoms with E-state index in [1.807, 2.05) is 0 Å². The Morgan fingerprint density at radius 2 is 2.12 bits per heavy atom. The summed E-state index contributed by atoms with van der Waals surface area (Å²) < 4.78 is 18.6. The Labute approximate surface area is 103 Å². The van der Waals surface area contributed by atoms with Gasteiger partial charge in [0.05, 0.1) is 24.0 Å². The predicted molar refractivity (Wildman–Crippen MR) is 65.6 cm³/mol. The molecular formula is C12H10ClFN2O. The molecule has 2 aromatic rings. The molecule has 0 aliphatic rings. The number of pyridine rings is 1. The summed E-state index contributed by atoms with van der Waals surface area (Å²) in [7, 11) is 1.52. The fourth-order valence-electron chi connectivity index (χ4n) is 1.53. The number of aromatic nitrogens is 1. The lowest BCUT2D eigenvalue weighted by atomic mass is 10.1. The second-order valence-corrected chi connectivity index (χ2v) is 3.84. The van der Waals surface area contributed by atoms with E-state index in [9.17, 15) is 4.39 Å². The predicted octanol–water partition coefficient (Wildman–Crippen LogP) is 3.13. The van der Waals surface area contributed by atoms with Crippen molar-refractivity contribution in [3.63, 3.8) is 0 Å². The quantitative estimate of drug-likeness (QED) is 0.836. The Balaban J connectivity index is 2.64. The van der Waals surface area contributed by atoms with Gasteiger partial charge in [0.2, 0.25) is 0 Å². The highest BCUT2D eigenvalue weighted by Gasteiger charge is 2.12. The van der Waals surface area contributed by atoms with E-state index < -0.39 is 5.82 Å². The van der Waals surface area contributed by atoms with Gasteiger partial charge in [-0.2, -0.15) is 0 Å². The minimum absolute atomic E-state index is 0.0202. The Kier molecular flexibility index (Phi) is 3.15. The number of ether oxygens (including phenoxy) is 1. The van der Waals surface area contributed by atoms with E-state index in [0.717, 1.165) is 0 Å². The number of benzene rings is 1. The second-order valence-electron chi connectivity index (χ2n) is 3.43. The standard InChI is InChI=1S/C12H10ClFN2O/c1-17-12-6-16-3-2-7(12)8-4-10(14)11(15)5-9(8)13/h2-6H,15H2,1H3. The van der Waals surface area contributed by atoms with Crippen molar-refractivity contribution in [3.8, 4) is 16.9 Å². The Morgan fingerprint density at radius 3 is 2.82 bits per heavy atom. The molecule has 17 heavy (non-hydrogen) atoms. The van der Waals surface area contributed by atoms with Crippen LogP contribution in [0, 0.1) is 5.82 Å². The van der Waals surface area contributed by atoms with Crippen LogP contribution in [0.2, 0.25) is 5.02 Å². The fraction of sp³-hybridized carbons (Fsp3) is 0.0833. The highest BCUT2D eigenvalue weighted by atomic mass is 35.5. The Bertz CT molecular complexity index is 560. The molecule has 0 fully saturated rings. The normalized spacial score (nSPS) is 10.3. The van der Waals surface area contributed by atoms with Crippen molar-refractivity contribution in [2.24, 2.45) is 0 Å². The molecule has 0 saturated carbocycles. The number of hydrogen-bond donors (Lipinski definition) is 1. The van der Waals surface area contributed by atoms with Crippen LogP contribution in [0.3, 0.4) is 0 Å². The number of nitrogens with zero attached hydrogens (tertiary/aromatic N) is 1. The maximum atomic E-state index is 13.4. The minimum atomic E-state index is -0.511. The lowest BCUT2D eigenvalue weighted by molar-refractivity contribution is 0.414. The molecule has 0 aliphatic carbocycles. The summed E-state index contributed by atoms with van der Waals surface area (Å²) in [6.45, 7) is 0. The summed E-state index contributed by atoms with van der Waals surface area (Å²) in [6.07, 6.45) is 3.13. The number of nitrogens with two attached hydrogens (primary N) is 1. The van der Waals surface area contributed by atoms with Crippen LogP contribution in [-0.2, 0) is 0 Å². The average molecular weight is 253 g/mol. The van der Waals surface area contributed by atoms with Gasteiger partial charge in [-0.3, -0.25) is 4.98 Å². The van der Waals surface area contributed by atoms with Crippen molar-refractivity contribution in [2.45, 2.75) is 0 Å². The molecule has 0 spiro atoms. The van der Waals surface area contributed by atoms with Crippen molar-refractivity contribution in [1.29, 1.82) is 0 Å². The summed E-state index contributed by atoms with van der Waals surface area (Å²) in [5.74, 6) is 0.0156. The van der Waals surface area contributed by atoms with Gasteiger partial charge >= 0.3 is 0 Å². The summed E-state index contributed by atoms with van der Waals surface area (Å²) in [5.41, 5.74) is 6.65. The monoisotopic (exact) mass is 252 g/mol. The summed E-state index contributed by atoms with van der Waals surface area (Å²) in [4.78, 5) is 3.92. The topological polar surface area (TPSA) is 48.1 Å². The molecule has 3 nitrogen and oxygen atoms in total. The molecule has 0 saturated heterocycles. The van der Waals surface area contributed by atoms with Gasteiger partial charge in [0.1, 0.15) is 11.6 Å². The van der Waals surface area contributed by atoms with Gasteiger partial charge in [-0.05, 0) is 18.2 Å². The third-order valence-electron chi connectivity index (χ3n) is 2.38. The summed E-state index contributed by atoms with van der Waals surface area (Å²) in [6, 6.07) is 4.37.